The summed E-state index contributed by atoms with van der Waals surface area (Å²) in [6, 6.07) is 6.04. The molecule has 0 spiro atoms. The van der Waals surface area contributed by atoms with E-state index in [1.54, 1.807) is 11.3 Å². The van der Waals surface area contributed by atoms with E-state index in [0.29, 0.717) is 0 Å². The van der Waals surface area contributed by atoms with E-state index in [4.69, 9.17) is 4.98 Å². The Hall–Kier alpha value is -1.46. The van der Waals surface area contributed by atoms with Crippen LogP contribution in [0.15, 0.2) is 24.4 Å². The Morgan fingerprint density at radius 1 is 1.29 bits per heavy atom. The topological polar surface area (TPSA) is 41.0 Å². The van der Waals surface area contributed by atoms with E-state index in [2.05, 4.69) is 42.0 Å². The summed E-state index contributed by atoms with van der Waals surface area (Å²) < 4.78 is 0. The molecule has 0 saturated heterocycles. The second kappa shape index (κ2) is 8.10. The van der Waals surface area contributed by atoms with Crippen LogP contribution in [0.3, 0.4) is 0 Å². The fourth-order valence-electron chi connectivity index (χ4n) is 2.09. The van der Waals surface area contributed by atoms with Crippen LogP contribution in [0.5, 0.6) is 0 Å². The Kier molecular flexibility index (Phi) is 6.14. The standard InChI is InChI=1S/C16H24N4S/c1-4-9-17-11-15-13(3)19-16(21-15)20(5-2)12-14-8-6-7-10-18-14/h6-8,10,17H,4-5,9,11-12H2,1-3H3. The molecule has 2 heterocycles. The Balaban J connectivity index is 2.06. The molecule has 4 nitrogen and oxygen atoms in total. The summed E-state index contributed by atoms with van der Waals surface area (Å²) in [5.74, 6) is 0. The Bertz CT molecular complexity index is 538. The molecule has 114 valence electrons. The number of hydrogen-bond acceptors (Lipinski definition) is 5. The van der Waals surface area contributed by atoms with Gasteiger partial charge in [0.2, 0.25) is 0 Å². The van der Waals surface area contributed by atoms with Gasteiger partial charge in [-0.2, -0.15) is 0 Å². The zero-order chi connectivity index (χ0) is 15.1. The molecule has 0 saturated carbocycles. The van der Waals surface area contributed by atoms with Crippen molar-refractivity contribution in [2.24, 2.45) is 0 Å². The van der Waals surface area contributed by atoms with Crippen LogP contribution in [0.4, 0.5) is 5.13 Å². The molecule has 2 aromatic heterocycles. The molecular weight excluding hydrogens is 280 g/mol. The molecule has 0 atom stereocenters. The molecule has 0 aromatic carbocycles. The van der Waals surface area contributed by atoms with E-state index in [9.17, 15) is 0 Å². The zero-order valence-corrected chi connectivity index (χ0v) is 13.9. The van der Waals surface area contributed by atoms with Gasteiger partial charge in [-0.25, -0.2) is 4.98 Å². The monoisotopic (exact) mass is 304 g/mol. The van der Waals surface area contributed by atoms with Crippen molar-refractivity contribution in [2.75, 3.05) is 18.0 Å². The van der Waals surface area contributed by atoms with Crippen LogP contribution in [-0.4, -0.2) is 23.1 Å². The summed E-state index contributed by atoms with van der Waals surface area (Å²) in [7, 11) is 0. The summed E-state index contributed by atoms with van der Waals surface area (Å²) in [6.07, 6.45) is 3.00. The summed E-state index contributed by atoms with van der Waals surface area (Å²) in [5, 5.41) is 4.54. The van der Waals surface area contributed by atoms with Crippen LogP contribution in [0, 0.1) is 6.92 Å². The van der Waals surface area contributed by atoms with Crippen LogP contribution >= 0.6 is 11.3 Å². The molecule has 0 bridgehead atoms. The van der Waals surface area contributed by atoms with Crippen molar-refractivity contribution in [2.45, 2.75) is 40.3 Å². The quantitative estimate of drug-likeness (QED) is 0.759. The van der Waals surface area contributed by atoms with Crippen molar-refractivity contribution in [3.8, 4) is 0 Å². The molecule has 0 unspecified atom stereocenters. The van der Waals surface area contributed by atoms with Gasteiger partial charge in [0.05, 0.1) is 17.9 Å². The Morgan fingerprint density at radius 2 is 2.14 bits per heavy atom. The van der Waals surface area contributed by atoms with Gasteiger partial charge in [-0.1, -0.05) is 13.0 Å². The average Bonchev–Trinajstić information content (AvgIpc) is 2.87. The lowest BCUT2D eigenvalue weighted by Crippen LogP contribution is -2.22. The normalized spacial score (nSPS) is 10.8. The maximum absolute atomic E-state index is 4.73. The van der Waals surface area contributed by atoms with Crippen LogP contribution in [0.1, 0.15) is 36.5 Å². The lowest BCUT2D eigenvalue weighted by molar-refractivity contribution is 0.678. The highest BCUT2D eigenvalue weighted by Crippen LogP contribution is 2.26. The number of aryl methyl sites for hydroxylation is 1. The van der Waals surface area contributed by atoms with Gasteiger partial charge in [0.25, 0.3) is 0 Å². The van der Waals surface area contributed by atoms with E-state index >= 15 is 0 Å². The minimum Gasteiger partial charge on any atom is -0.342 e. The van der Waals surface area contributed by atoms with E-state index in [0.717, 1.165) is 49.1 Å². The largest absolute Gasteiger partial charge is 0.342 e. The van der Waals surface area contributed by atoms with Crippen molar-refractivity contribution in [1.82, 2.24) is 15.3 Å². The van der Waals surface area contributed by atoms with E-state index < -0.39 is 0 Å². The number of rotatable bonds is 8. The number of thiazole rings is 1. The smallest absolute Gasteiger partial charge is 0.186 e. The molecule has 2 rings (SSSR count). The van der Waals surface area contributed by atoms with E-state index in [1.807, 2.05) is 18.3 Å². The molecule has 0 fully saturated rings. The van der Waals surface area contributed by atoms with Gasteiger partial charge in [-0.05, 0) is 38.9 Å². The molecule has 0 amide bonds. The zero-order valence-electron chi connectivity index (χ0n) is 13.1. The van der Waals surface area contributed by atoms with Gasteiger partial charge in [-0.3, -0.25) is 4.98 Å². The van der Waals surface area contributed by atoms with Gasteiger partial charge < -0.3 is 10.2 Å². The summed E-state index contributed by atoms with van der Waals surface area (Å²) in [4.78, 5) is 12.8. The first-order valence-corrected chi connectivity index (χ1v) is 8.38. The first-order chi connectivity index (χ1) is 10.2. The lowest BCUT2D eigenvalue weighted by atomic mass is 10.3. The Morgan fingerprint density at radius 3 is 2.81 bits per heavy atom. The number of nitrogens with zero attached hydrogens (tertiary/aromatic N) is 3. The first-order valence-electron chi connectivity index (χ1n) is 7.56. The third-order valence-electron chi connectivity index (χ3n) is 3.32. The molecule has 2 aromatic rings. The van der Waals surface area contributed by atoms with Crippen LogP contribution in [0.2, 0.25) is 0 Å². The van der Waals surface area contributed by atoms with Crippen molar-refractivity contribution in [3.63, 3.8) is 0 Å². The van der Waals surface area contributed by atoms with Gasteiger partial charge in [-0.15, -0.1) is 11.3 Å². The average molecular weight is 304 g/mol. The molecule has 5 heteroatoms. The maximum atomic E-state index is 4.73. The first kappa shape index (κ1) is 15.9. The number of pyridine rings is 1. The second-order valence-electron chi connectivity index (χ2n) is 5.02. The number of hydrogen-bond donors (Lipinski definition) is 1. The van der Waals surface area contributed by atoms with Gasteiger partial charge in [0.15, 0.2) is 5.13 Å². The molecule has 0 aliphatic heterocycles. The molecule has 1 N–H and O–H groups in total. The third kappa shape index (κ3) is 4.51. The molecule has 0 aliphatic rings. The predicted molar refractivity (Wildman–Crippen MR) is 89.8 cm³/mol. The summed E-state index contributed by atoms with van der Waals surface area (Å²) >= 11 is 1.79. The van der Waals surface area contributed by atoms with E-state index in [1.165, 1.54) is 4.88 Å². The maximum Gasteiger partial charge on any atom is 0.186 e. The fourth-order valence-corrected chi connectivity index (χ4v) is 3.19. The highest BCUT2D eigenvalue weighted by molar-refractivity contribution is 7.15. The summed E-state index contributed by atoms with van der Waals surface area (Å²) in [5.41, 5.74) is 2.22. The minimum absolute atomic E-state index is 0.812. The van der Waals surface area contributed by atoms with Gasteiger partial charge in [0, 0.05) is 24.2 Å². The van der Waals surface area contributed by atoms with Crippen LogP contribution < -0.4 is 10.2 Å². The molecule has 0 aliphatic carbocycles. The SMILES string of the molecule is CCCNCc1sc(N(CC)Cc2ccccn2)nc1C. The number of aromatic nitrogens is 2. The van der Waals surface area contributed by atoms with E-state index in [-0.39, 0.29) is 0 Å². The van der Waals surface area contributed by atoms with Crippen LogP contribution in [0.25, 0.3) is 0 Å². The van der Waals surface area contributed by atoms with Crippen LogP contribution in [-0.2, 0) is 13.1 Å². The van der Waals surface area contributed by atoms with Gasteiger partial charge in [0.1, 0.15) is 0 Å². The second-order valence-corrected chi connectivity index (χ2v) is 6.08. The minimum atomic E-state index is 0.812. The Labute approximate surface area is 131 Å². The van der Waals surface area contributed by atoms with Crippen molar-refractivity contribution in [1.29, 1.82) is 0 Å². The number of nitrogens with one attached hydrogen (secondary N) is 1. The van der Waals surface area contributed by atoms with Crippen molar-refractivity contribution < 1.29 is 0 Å². The van der Waals surface area contributed by atoms with Gasteiger partial charge >= 0.3 is 0 Å². The molecular formula is C16H24N4S. The summed E-state index contributed by atoms with van der Waals surface area (Å²) in [6.45, 7) is 10.2. The lowest BCUT2D eigenvalue weighted by Gasteiger charge is -2.19. The highest BCUT2D eigenvalue weighted by Gasteiger charge is 2.13. The fraction of sp³-hybridized carbons (Fsp3) is 0.500. The molecule has 0 radical (unpaired) electrons. The predicted octanol–water partition coefficient (Wildman–Crippen LogP) is 3.37. The van der Waals surface area contributed by atoms with Crippen molar-refractivity contribution in [3.05, 3.63) is 40.7 Å². The molecule has 21 heavy (non-hydrogen) atoms. The third-order valence-corrected chi connectivity index (χ3v) is 4.54. The van der Waals surface area contributed by atoms with Crippen molar-refractivity contribution >= 4 is 16.5 Å². The highest BCUT2D eigenvalue weighted by atomic mass is 32.1. The number of anilines is 1.